The minimum absolute atomic E-state index is 0.470. The second-order valence-corrected chi connectivity index (χ2v) is 9.57. The lowest BCUT2D eigenvalue weighted by molar-refractivity contribution is 0.341. The van der Waals surface area contributed by atoms with E-state index in [1.165, 1.54) is 0 Å². The zero-order valence-electron chi connectivity index (χ0n) is 20.3. The first kappa shape index (κ1) is 22.3. The number of nitrogens with zero attached hydrogens (tertiary/aromatic N) is 8. The molecule has 3 heterocycles. The van der Waals surface area contributed by atoms with Gasteiger partial charge >= 0.3 is 0 Å². The van der Waals surface area contributed by atoms with Gasteiger partial charge in [-0.1, -0.05) is 46.8 Å². The van der Waals surface area contributed by atoms with Crippen LogP contribution >= 0.6 is 11.3 Å². The van der Waals surface area contributed by atoms with Crippen molar-refractivity contribution in [2.75, 3.05) is 6.61 Å². The average Bonchev–Trinajstić information content (AvgIpc) is 3.58. The lowest BCUT2D eigenvalue weighted by Crippen LogP contribution is -2.09. The summed E-state index contributed by atoms with van der Waals surface area (Å²) in [6.07, 6.45) is 0. The molecule has 0 aliphatic heterocycles. The Morgan fingerprint density at radius 2 is 1.18 bits per heavy atom. The number of aromatic nitrogens is 8. The van der Waals surface area contributed by atoms with E-state index >= 15 is 0 Å². The minimum atomic E-state index is 0.470. The van der Waals surface area contributed by atoms with Crippen LogP contribution in [-0.4, -0.2) is 46.6 Å². The molecule has 9 nitrogen and oxygen atoms in total. The van der Waals surface area contributed by atoms with Gasteiger partial charge in [-0.05, 0) is 61.5 Å². The van der Waals surface area contributed by atoms with Crippen LogP contribution in [0.15, 0.2) is 91.0 Å². The first-order valence-corrected chi connectivity index (χ1v) is 12.9. The summed E-state index contributed by atoms with van der Waals surface area (Å²) in [6, 6.07) is 29.4. The van der Waals surface area contributed by atoms with Crippen LogP contribution in [0, 0.1) is 0 Å². The summed E-state index contributed by atoms with van der Waals surface area (Å²) in [5.74, 6) is 1.73. The second-order valence-electron chi connectivity index (χ2n) is 8.48. The van der Waals surface area contributed by atoms with E-state index in [1.54, 1.807) is 20.7 Å². The Balaban J connectivity index is 1.69. The molecule has 0 saturated heterocycles. The van der Waals surface area contributed by atoms with Crippen molar-refractivity contribution >= 4 is 53.8 Å². The molecule has 0 N–H and O–H groups in total. The van der Waals surface area contributed by atoms with Gasteiger partial charge in [-0.2, -0.15) is 9.36 Å². The van der Waals surface area contributed by atoms with Gasteiger partial charge in [0.1, 0.15) is 16.8 Å². The van der Waals surface area contributed by atoms with E-state index in [-0.39, 0.29) is 0 Å². The van der Waals surface area contributed by atoms with Gasteiger partial charge < -0.3 is 4.74 Å². The molecule has 0 aliphatic carbocycles. The van der Waals surface area contributed by atoms with Crippen molar-refractivity contribution in [2.24, 2.45) is 0 Å². The summed E-state index contributed by atoms with van der Waals surface area (Å²) in [4.78, 5) is 10.3. The molecule has 3 aromatic heterocycles. The Hall–Kier alpha value is -4.96. The molecule has 0 bridgehead atoms. The standard InChI is InChI=1S/C28H20N8OS/c1-2-37-18-15-16-22-26(17-18)38-25-14-8-5-11-21(25)29-27(35-23-12-6-3-9-19(23)31-33-35)28(30-22)36-24-13-7-4-10-20(24)32-34-36/h3-17H,2H2,1H3. The molecule has 0 unspecified atom stereocenters. The first-order valence-electron chi connectivity index (χ1n) is 12.1. The summed E-state index contributed by atoms with van der Waals surface area (Å²) >= 11 is 1.59. The van der Waals surface area contributed by atoms with E-state index in [4.69, 9.17) is 14.7 Å². The number of hydrogen-bond acceptors (Lipinski definition) is 8. The van der Waals surface area contributed by atoms with Gasteiger partial charge in [0.2, 0.25) is 11.6 Å². The Labute approximate surface area is 220 Å². The van der Waals surface area contributed by atoms with Crippen LogP contribution in [0.1, 0.15) is 6.92 Å². The molecule has 0 fully saturated rings. The van der Waals surface area contributed by atoms with E-state index in [1.807, 2.05) is 97.9 Å². The molecule has 0 spiro atoms. The third-order valence-corrected chi connectivity index (χ3v) is 7.20. The monoisotopic (exact) mass is 516 g/mol. The fraction of sp³-hybridized carbons (Fsp3) is 0.0714. The predicted molar refractivity (Wildman–Crippen MR) is 149 cm³/mol. The van der Waals surface area contributed by atoms with Gasteiger partial charge in [0.15, 0.2) is 0 Å². The number of ether oxygens (including phenoxy) is 1. The molecule has 7 aromatic rings. The molecular weight excluding hydrogens is 496 g/mol. The summed E-state index contributed by atoms with van der Waals surface area (Å²) < 4.78 is 11.1. The SMILES string of the molecule is CCOc1ccc2nc(-n3nnc4ccccc43)c(-n3nnc4ccccc43)nc3ccccc3sc2c1. The molecule has 38 heavy (non-hydrogen) atoms. The highest BCUT2D eigenvalue weighted by molar-refractivity contribution is 7.24. The van der Waals surface area contributed by atoms with E-state index in [0.717, 1.165) is 48.2 Å². The van der Waals surface area contributed by atoms with Crippen LogP contribution in [0.3, 0.4) is 0 Å². The van der Waals surface area contributed by atoms with Crippen LogP contribution in [0.2, 0.25) is 0 Å². The highest BCUT2D eigenvalue weighted by Crippen LogP contribution is 2.29. The van der Waals surface area contributed by atoms with Crippen molar-refractivity contribution in [1.82, 2.24) is 40.0 Å². The molecule has 10 heteroatoms. The second kappa shape index (κ2) is 9.16. The van der Waals surface area contributed by atoms with E-state index in [2.05, 4.69) is 20.6 Å². The normalized spacial score (nSPS) is 11.4. The van der Waals surface area contributed by atoms with Crippen LogP contribution < -0.4 is 4.74 Å². The fourth-order valence-electron chi connectivity index (χ4n) is 4.34. The van der Waals surface area contributed by atoms with Crippen molar-refractivity contribution in [2.45, 2.75) is 6.92 Å². The molecule has 0 aliphatic rings. The summed E-state index contributed by atoms with van der Waals surface area (Å²) in [6.45, 7) is 2.55. The van der Waals surface area contributed by atoms with E-state index < -0.39 is 0 Å². The lowest BCUT2D eigenvalue weighted by atomic mass is 10.3. The summed E-state index contributed by atoms with van der Waals surface area (Å²) in [5.41, 5.74) is 4.64. The third kappa shape index (κ3) is 3.78. The Morgan fingerprint density at radius 1 is 0.632 bits per heavy atom. The van der Waals surface area contributed by atoms with E-state index in [0.29, 0.717) is 18.2 Å². The number of rotatable bonds is 4. The number of benzene rings is 4. The Kier molecular flexibility index (Phi) is 5.37. The molecule has 4 aromatic carbocycles. The quantitative estimate of drug-likeness (QED) is 0.290. The molecular formula is C28H20N8OS. The highest BCUT2D eigenvalue weighted by Gasteiger charge is 2.18. The van der Waals surface area contributed by atoms with Crippen molar-refractivity contribution in [3.8, 4) is 17.4 Å². The third-order valence-electron chi connectivity index (χ3n) is 6.09. The Bertz CT molecular complexity index is 2020. The zero-order valence-corrected chi connectivity index (χ0v) is 21.1. The average molecular weight is 517 g/mol. The Morgan fingerprint density at radius 3 is 1.82 bits per heavy atom. The number of fused-ring (bicyclic) bond motifs is 4. The van der Waals surface area contributed by atoms with Crippen molar-refractivity contribution in [1.29, 1.82) is 0 Å². The van der Waals surface area contributed by atoms with E-state index in [9.17, 15) is 0 Å². The van der Waals surface area contributed by atoms with Crippen LogP contribution in [0.5, 0.6) is 5.75 Å². The van der Waals surface area contributed by atoms with Gasteiger partial charge in [0.05, 0.1) is 38.1 Å². The van der Waals surface area contributed by atoms with Crippen molar-refractivity contribution < 1.29 is 4.74 Å². The predicted octanol–water partition coefficient (Wildman–Crippen LogP) is 5.84. The number of para-hydroxylation sites is 3. The maximum atomic E-state index is 5.81. The van der Waals surface area contributed by atoms with Crippen molar-refractivity contribution in [3.05, 3.63) is 91.0 Å². The topological polar surface area (TPSA) is 96.4 Å². The largest absolute Gasteiger partial charge is 0.494 e. The summed E-state index contributed by atoms with van der Waals surface area (Å²) in [5, 5.41) is 17.8. The van der Waals surface area contributed by atoms with Crippen molar-refractivity contribution in [3.63, 3.8) is 0 Å². The molecule has 7 rings (SSSR count). The maximum absolute atomic E-state index is 5.81. The maximum Gasteiger partial charge on any atom is 0.201 e. The highest BCUT2D eigenvalue weighted by atomic mass is 32.1. The molecule has 184 valence electrons. The number of hydrogen-bond donors (Lipinski definition) is 0. The van der Waals surface area contributed by atoms with Gasteiger partial charge in [0.25, 0.3) is 0 Å². The lowest BCUT2D eigenvalue weighted by Gasteiger charge is -2.07. The van der Waals surface area contributed by atoms with Crippen LogP contribution in [0.4, 0.5) is 0 Å². The molecule has 0 atom stereocenters. The minimum Gasteiger partial charge on any atom is -0.494 e. The smallest absolute Gasteiger partial charge is 0.201 e. The van der Waals surface area contributed by atoms with Gasteiger partial charge in [-0.25, -0.2) is 9.97 Å². The fourth-order valence-corrected chi connectivity index (χ4v) is 5.34. The van der Waals surface area contributed by atoms with Crippen LogP contribution in [0.25, 0.3) is 54.1 Å². The summed E-state index contributed by atoms with van der Waals surface area (Å²) in [7, 11) is 0. The van der Waals surface area contributed by atoms with Crippen LogP contribution in [-0.2, 0) is 0 Å². The zero-order chi connectivity index (χ0) is 25.5. The van der Waals surface area contributed by atoms with Gasteiger partial charge in [0, 0.05) is 0 Å². The van der Waals surface area contributed by atoms with Gasteiger partial charge in [-0.3, -0.25) is 0 Å². The molecule has 0 amide bonds. The molecule has 0 saturated carbocycles. The molecule has 0 radical (unpaired) electrons. The first-order chi connectivity index (χ1) is 18.8. The van der Waals surface area contributed by atoms with Gasteiger partial charge in [-0.15, -0.1) is 21.5 Å².